The number of nitrogens with two attached hydrogens (primary N) is 1. The van der Waals surface area contributed by atoms with Crippen LogP contribution in [0.25, 0.3) is 0 Å². The van der Waals surface area contributed by atoms with Crippen LogP contribution in [0.5, 0.6) is 0 Å². The Hall–Kier alpha value is -3.90. The van der Waals surface area contributed by atoms with Crippen molar-refractivity contribution in [1.82, 2.24) is 21.0 Å². The monoisotopic (exact) mass is 463 g/mol. The van der Waals surface area contributed by atoms with E-state index in [2.05, 4.69) is 16.0 Å². The maximum Gasteiger partial charge on any atom is 0.407 e. The van der Waals surface area contributed by atoms with Crippen LogP contribution in [0, 0.1) is 15.5 Å². The first-order chi connectivity index (χ1) is 15.8. The molecule has 13 nitrogen and oxygen atoms in total. The van der Waals surface area contributed by atoms with Gasteiger partial charge in [-0.05, 0) is 37.7 Å². The number of nitrogens with one attached hydrogen (secondary N) is 4. The van der Waals surface area contributed by atoms with Crippen LogP contribution in [0.1, 0.15) is 37.7 Å². The van der Waals surface area contributed by atoms with Crippen LogP contribution in [0.2, 0.25) is 0 Å². The highest BCUT2D eigenvalue weighted by atomic mass is 16.7. The zero-order valence-electron chi connectivity index (χ0n) is 18.1. The van der Waals surface area contributed by atoms with Gasteiger partial charge in [0.05, 0.1) is 6.54 Å². The minimum atomic E-state index is -0.796. The van der Waals surface area contributed by atoms with Crippen LogP contribution in [0.15, 0.2) is 30.3 Å². The summed E-state index contributed by atoms with van der Waals surface area (Å²) in [7, 11) is 0. The third-order valence-electron chi connectivity index (χ3n) is 5.01. The molecule has 13 heteroatoms. The molecule has 0 unspecified atom stereocenters. The SMILES string of the molecule is N=C(N)N(CCC[C@@H]1NC(=O)[C@H](CCCCNC(=O)OCc2ccccc2)NC1=O)[N+](=O)[O-]. The van der Waals surface area contributed by atoms with E-state index >= 15 is 0 Å². The van der Waals surface area contributed by atoms with Crippen LogP contribution >= 0.6 is 0 Å². The number of nitrogens with zero attached hydrogens (tertiary/aromatic N) is 2. The van der Waals surface area contributed by atoms with E-state index in [1.807, 2.05) is 30.3 Å². The van der Waals surface area contributed by atoms with Gasteiger partial charge in [-0.3, -0.25) is 15.0 Å². The van der Waals surface area contributed by atoms with Gasteiger partial charge >= 0.3 is 6.09 Å². The summed E-state index contributed by atoms with van der Waals surface area (Å²) in [5.41, 5.74) is 6.02. The Balaban J connectivity index is 1.60. The predicted octanol–water partition coefficient (Wildman–Crippen LogP) is 0.234. The maximum atomic E-state index is 12.3. The fourth-order valence-corrected chi connectivity index (χ4v) is 3.26. The molecule has 1 aliphatic heterocycles. The molecule has 180 valence electrons. The highest BCUT2D eigenvalue weighted by Gasteiger charge is 2.33. The van der Waals surface area contributed by atoms with Crippen molar-refractivity contribution in [3.8, 4) is 0 Å². The number of alkyl carbamates (subject to hydrolysis) is 1. The van der Waals surface area contributed by atoms with Gasteiger partial charge in [-0.25, -0.2) is 14.9 Å². The van der Waals surface area contributed by atoms with Crippen molar-refractivity contribution in [2.75, 3.05) is 13.1 Å². The summed E-state index contributed by atoms with van der Waals surface area (Å²) in [5.74, 6) is -1.39. The maximum absolute atomic E-state index is 12.3. The highest BCUT2D eigenvalue weighted by molar-refractivity contribution is 5.96. The number of amides is 3. The molecule has 0 aliphatic carbocycles. The van der Waals surface area contributed by atoms with Crippen LogP contribution in [0.3, 0.4) is 0 Å². The van der Waals surface area contributed by atoms with E-state index in [1.54, 1.807) is 0 Å². The molecule has 1 aliphatic rings. The first-order valence-corrected chi connectivity index (χ1v) is 10.6. The molecule has 0 saturated carbocycles. The summed E-state index contributed by atoms with van der Waals surface area (Å²) < 4.78 is 5.11. The van der Waals surface area contributed by atoms with Crippen LogP contribution in [0.4, 0.5) is 4.79 Å². The number of piperazine rings is 1. The standard InChI is InChI=1S/C20H29N7O6/c21-19(22)26(27(31)32)12-6-10-16-18(29)24-15(17(28)25-16)9-4-5-11-23-20(30)33-13-14-7-2-1-3-8-14/h1-3,7-8,15-16H,4-6,9-13H2,(H3,21,22)(H,23,30)(H,24,29)(H,25,28)/t15-,16-/m0/s1. The van der Waals surface area contributed by atoms with Gasteiger partial charge in [0.25, 0.3) is 5.96 Å². The third-order valence-corrected chi connectivity index (χ3v) is 5.01. The Morgan fingerprint density at radius 2 is 1.73 bits per heavy atom. The lowest BCUT2D eigenvalue weighted by molar-refractivity contribution is -0.629. The minimum absolute atomic E-state index is 0.147. The second-order valence-corrected chi connectivity index (χ2v) is 7.50. The smallest absolute Gasteiger partial charge is 0.407 e. The molecular weight excluding hydrogens is 434 g/mol. The number of ether oxygens (including phenoxy) is 1. The van der Waals surface area contributed by atoms with Crippen molar-refractivity contribution in [1.29, 1.82) is 5.41 Å². The van der Waals surface area contributed by atoms with Crippen molar-refractivity contribution in [3.05, 3.63) is 46.0 Å². The average molecular weight is 463 g/mol. The molecule has 3 amide bonds. The van der Waals surface area contributed by atoms with Crippen molar-refractivity contribution < 1.29 is 24.2 Å². The third kappa shape index (κ3) is 8.63. The molecule has 1 aromatic carbocycles. The molecule has 2 atom stereocenters. The van der Waals surface area contributed by atoms with Gasteiger partial charge in [0.15, 0.2) is 5.03 Å². The van der Waals surface area contributed by atoms with Crippen LogP contribution < -0.4 is 21.7 Å². The van der Waals surface area contributed by atoms with E-state index in [0.29, 0.717) is 30.8 Å². The largest absolute Gasteiger partial charge is 0.445 e. The number of rotatable bonds is 12. The summed E-state index contributed by atoms with van der Waals surface area (Å²) in [4.78, 5) is 47.0. The van der Waals surface area contributed by atoms with Crippen molar-refractivity contribution in [3.63, 3.8) is 0 Å². The number of hydrogen-bond donors (Lipinski definition) is 5. The van der Waals surface area contributed by atoms with Gasteiger partial charge in [-0.15, -0.1) is 0 Å². The molecule has 1 aromatic rings. The van der Waals surface area contributed by atoms with Gasteiger partial charge in [-0.2, -0.15) is 0 Å². The molecule has 33 heavy (non-hydrogen) atoms. The Morgan fingerprint density at radius 3 is 2.30 bits per heavy atom. The lowest BCUT2D eigenvalue weighted by Gasteiger charge is -2.29. The van der Waals surface area contributed by atoms with E-state index < -0.39 is 29.2 Å². The Bertz CT molecular complexity index is 837. The quantitative estimate of drug-likeness (QED) is 0.0955. The molecule has 0 spiro atoms. The van der Waals surface area contributed by atoms with E-state index in [-0.39, 0.29) is 37.8 Å². The summed E-state index contributed by atoms with van der Waals surface area (Å²) in [5, 5.41) is 25.6. The molecule has 0 radical (unpaired) electrons. The molecule has 1 fully saturated rings. The van der Waals surface area contributed by atoms with E-state index in [4.69, 9.17) is 15.9 Å². The van der Waals surface area contributed by atoms with E-state index in [9.17, 15) is 24.5 Å². The number of nitro groups is 1. The summed E-state index contributed by atoms with van der Waals surface area (Å²) >= 11 is 0. The number of hydrogen-bond acceptors (Lipinski definition) is 7. The first kappa shape index (κ1) is 25.4. The Morgan fingerprint density at radius 1 is 1.12 bits per heavy atom. The number of carbonyl (C=O) groups excluding carboxylic acids is 3. The van der Waals surface area contributed by atoms with Gasteiger partial charge in [-0.1, -0.05) is 35.3 Å². The van der Waals surface area contributed by atoms with Crippen LogP contribution in [-0.4, -0.2) is 59.1 Å². The first-order valence-electron chi connectivity index (χ1n) is 10.6. The molecule has 0 bridgehead atoms. The number of hydrazine groups is 1. The topological polar surface area (TPSA) is 193 Å². The molecule has 0 aromatic heterocycles. The number of guanidine groups is 1. The van der Waals surface area contributed by atoms with E-state index in [0.717, 1.165) is 5.56 Å². The van der Waals surface area contributed by atoms with E-state index in [1.165, 1.54) is 0 Å². The fourth-order valence-electron chi connectivity index (χ4n) is 3.26. The average Bonchev–Trinajstić information content (AvgIpc) is 2.77. The second kappa shape index (κ2) is 12.8. The Labute approximate surface area is 190 Å². The molecular formula is C20H29N7O6. The predicted molar refractivity (Wildman–Crippen MR) is 117 cm³/mol. The summed E-state index contributed by atoms with van der Waals surface area (Å²) in [6.07, 6.45) is 1.45. The number of unbranched alkanes of at least 4 members (excludes halogenated alkanes) is 1. The fraction of sp³-hybridized carbons (Fsp3) is 0.500. The molecule has 2 rings (SSSR count). The van der Waals surface area contributed by atoms with Crippen molar-refractivity contribution >= 4 is 23.9 Å². The molecule has 1 saturated heterocycles. The number of carbonyl (C=O) groups is 3. The minimum Gasteiger partial charge on any atom is -0.445 e. The van der Waals surface area contributed by atoms with Gasteiger partial charge in [0.1, 0.15) is 18.7 Å². The zero-order chi connectivity index (χ0) is 24.2. The lowest BCUT2D eigenvalue weighted by Crippen LogP contribution is -2.61. The van der Waals surface area contributed by atoms with Gasteiger partial charge in [0.2, 0.25) is 11.8 Å². The highest BCUT2D eigenvalue weighted by Crippen LogP contribution is 2.10. The normalized spacial score (nSPS) is 17.5. The second-order valence-electron chi connectivity index (χ2n) is 7.50. The molecule has 1 heterocycles. The Kier molecular flexibility index (Phi) is 9.86. The van der Waals surface area contributed by atoms with Crippen LogP contribution in [-0.2, 0) is 20.9 Å². The summed E-state index contributed by atoms with van der Waals surface area (Å²) in [6, 6.07) is 7.83. The molecule has 6 N–H and O–H groups in total. The van der Waals surface area contributed by atoms with Gasteiger partial charge < -0.3 is 26.4 Å². The van der Waals surface area contributed by atoms with Crippen molar-refractivity contribution in [2.24, 2.45) is 5.73 Å². The number of benzene rings is 1. The van der Waals surface area contributed by atoms with Crippen molar-refractivity contribution in [2.45, 2.75) is 50.8 Å². The zero-order valence-corrected chi connectivity index (χ0v) is 18.1. The van der Waals surface area contributed by atoms with Gasteiger partial charge in [0, 0.05) is 6.54 Å². The lowest BCUT2D eigenvalue weighted by atomic mass is 10.0. The summed E-state index contributed by atoms with van der Waals surface area (Å²) in [6.45, 7) is 0.411.